The van der Waals surface area contributed by atoms with Gasteiger partial charge in [0.15, 0.2) is 0 Å². The fourth-order valence-electron chi connectivity index (χ4n) is 2.67. The van der Waals surface area contributed by atoms with Crippen LogP contribution >= 0.6 is 0 Å². The van der Waals surface area contributed by atoms with E-state index in [2.05, 4.69) is 10.2 Å². The molecular weight excluding hydrogens is 360 g/mol. The van der Waals surface area contributed by atoms with E-state index < -0.39 is 17.8 Å². The minimum absolute atomic E-state index is 0.0214. The summed E-state index contributed by atoms with van der Waals surface area (Å²) in [6.07, 6.45) is 0.399. The molecule has 2 amide bonds. The normalized spacial score (nSPS) is 11.7. The van der Waals surface area contributed by atoms with E-state index in [9.17, 15) is 19.5 Å². The van der Waals surface area contributed by atoms with Gasteiger partial charge in [-0.1, -0.05) is 53.7 Å². The number of carbonyl (C=O) groups excluding carboxylic acids is 3. The SMILES string of the molecule is CCNC(=O)C(=O)NOC(=O)CCc1cc(C(C)(C)C)c(O)c(C(C)(C)C)c1. The Morgan fingerprint density at radius 2 is 1.46 bits per heavy atom. The van der Waals surface area contributed by atoms with Gasteiger partial charge < -0.3 is 15.3 Å². The van der Waals surface area contributed by atoms with Crippen LogP contribution < -0.4 is 10.8 Å². The molecule has 0 radical (unpaired) electrons. The number of hydrogen-bond donors (Lipinski definition) is 3. The van der Waals surface area contributed by atoms with Crippen molar-refractivity contribution in [1.82, 2.24) is 10.8 Å². The number of carbonyl (C=O) groups is 3. The Balaban J connectivity index is 2.88. The lowest BCUT2D eigenvalue weighted by atomic mass is 9.78. The van der Waals surface area contributed by atoms with Gasteiger partial charge in [-0.05, 0) is 40.9 Å². The number of aromatic hydroxyl groups is 1. The van der Waals surface area contributed by atoms with Gasteiger partial charge in [0.05, 0.1) is 6.42 Å². The van der Waals surface area contributed by atoms with Crippen LogP contribution in [-0.4, -0.2) is 29.4 Å². The summed E-state index contributed by atoms with van der Waals surface area (Å²) in [7, 11) is 0. The third kappa shape index (κ3) is 6.55. The van der Waals surface area contributed by atoms with Crippen LogP contribution in [0.1, 0.15) is 71.6 Å². The molecule has 0 atom stereocenters. The Bertz CT molecular complexity index is 707. The fourth-order valence-corrected chi connectivity index (χ4v) is 2.67. The van der Waals surface area contributed by atoms with Crippen molar-refractivity contribution in [3.8, 4) is 5.75 Å². The second-order valence-electron chi connectivity index (χ2n) is 8.80. The van der Waals surface area contributed by atoms with Gasteiger partial charge in [0.2, 0.25) is 0 Å². The molecule has 0 spiro atoms. The lowest BCUT2D eigenvalue weighted by Gasteiger charge is -2.28. The molecule has 28 heavy (non-hydrogen) atoms. The molecule has 0 saturated carbocycles. The number of benzene rings is 1. The Kier molecular flexibility index (Phi) is 7.61. The summed E-state index contributed by atoms with van der Waals surface area (Å²) in [4.78, 5) is 39.3. The molecule has 0 aromatic heterocycles. The highest BCUT2D eigenvalue weighted by Gasteiger charge is 2.26. The van der Waals surface area contributed by atoms with Gasteiger partial charge in [-0.2, -0.15) is 5.48 Å². The second kappa shape index (κ2) is 9.08. The molecule has 1 aromatic carbocycles. The first kappa shape index (κ1) is 23.5. The molecule has 0 unspecified atom stereocenters. The summed E-state index contributed by atoms with van der Waals surface area (Å²) in [5.41, 5.74) is 3.83. The van der Waals surface area contributed by atoms with Crippen LogP contribution in [0.3, 0.4) is 0 Å². The van der Waals surface area contributed by atoms with Crippen molar-refractivity contribution in [2.75, 3.05) is 6.54 Å². The first-order valence-electron chi connectivity index (χ1n) is 9.42. The number of hydroxylamine groups is 1. The molecule has 1 rings (SSSR count). The lowest BCUT2D eigenvalue weighted by molar-refractivity contribution is -0.160. The van der Waals surface area contributed by atoms with Crippen LogP contribution in [0.15, 0.2) is 12.1 Å². The number of phenols is 1. The summed E-state index contributed by atoms with van der Waals surface area (Å²) in [5.74, 6) is -2.26. The maximum Gasteiger partial charge on any atom is 0.341 e. The first-order valence-corrected chi connectivity index (χ1v) is 9.42. The zero-order chi connectivity index (χ0) is 21.7. The molecular formula is C21H32N2O5. The molecule has 0 saturated heterocycles. The average molecular weight is 392 g/mol. The zero-order valence-corrected chi connectivity index (χ0v) is 17.9. The molecule has 156 valence electrons. The van der Waals surface area contributed by atoms with Crippen molar-refractivity contribution >= 4 is 17.8 Å². The highest BCUT2D eigenvalue weighted by molar-refractivity contribution is 6.34. The molecule has 3 N–H and O–H groups in total. The minimum atomic E-state index is -1.02. The topological polar surface area (TPSA) is 105 Å². The Hall–Kier alpha value is -2.57. The summed E-state index contributed by atoms with van der Waals surface area (Å²) in [6.45, 7) is 14.1. The molecule has 7 nitrogen and oxygen atoms in total. The maximum atomic E-state index is 11.9. The average Bonchev–Trinajstić information content (AvgIpc) is 2.56. The number of likely N-dealkylation sites (N-methyl/N-ethyl adjacent to an activating group) is 1. The third-order valence-electron chi connectivity index (χ3n) is 4.20. The van der Waals surface area contributed by atoms with E-state index in [1.54, 1.807) is 6.92 Å². The molecule has 0 aliphatic rings. The molecule has 7 heteroatoms. The summed E-state index contributed by atoms with van der Waals surface area (Å²) in [5, 5.41) is 13.0. The summed E-state index contributed by atoms with van der Waals surface area (Å²) < 4.78 is 0. The van der Waals surface area contributed by atoms with Gasteiger partial charge in [-0.25, -0.2) is 4.79 Å². The van der Waals surface area contributed by atoms with Gasteiger partial charge >= 0.3 is 17.8 Å². The van der Waals surface area contributed by atoms with Crippen molar-refractivity contribution in [2.45, 2.75) is 72.1 Å². The van der Waals surface area contributed by atoms with Gasteiger partial charge in [-0.15, -0.1) is 0 Å². The largest absolute Gasteiger partial charge is 0.507 e. The standard InChI is InChI=1S/C21H32N2O5/c1-8-22-18(26)19(27)23-28-16(24)10-9-13-11-14(20(2,3)4)17(25)15(12-13)21(5,6)7/h11-12,25H,8-10H2,1-7H3,(H,22,26)(H,23,27). The predicted molar refractivity (Wildman–Crippen MR) is 107 cm³/mol. The van der Waals surface area contributed by atoms with Crippen molar-refractivity contribution in [1.29, 1.82) is 0 Å². The lowest BCUT2D eigenvalue weighted by Crippen LogP contribution is -2.40. The highest BCUT2D eigenvalue weighted by Crippen LogP contribution is 2.39. The second-order valence-corrected chi connectivity index (χ2v) is 8.80. The number of amides is 2. The highest BCUT2D eigenvalue weighted by atomic mass is 16.7. The molecule has 1 aromatic rings. The van der Waals surface area contributed by atoms with Gasteiger partial charge in [0.25, 0.3) is 0 Å². The Labute approximate surface area is 166 Å². The molecule has 0 fully saturated rings. The van der Waals surface area contributed by atoms with Crippen LogP contribution in [0.5, 0.6) is 5.75 Å². The van der Waals surface area contributed by atoms with Crippen LogP contribution in [0, 0.1) is 0 Å². The Morgan fingerprint density at radius 1 is 0.964 bits per heavy atom. The molecule has 0 heterocycles. The third-order valence-corrected chi connectivity index (χ3v) is 4.20. The van der Waals surface area contributed by atoms with E-state index >= 15 is 0 Å². The summed E-state index contributed by atoms with van der Waals surface area (Å²) in [6, 6.07) is 3.79. The van der Waals surface area contributed by atoms with Crippen LogP contribution in [0.4, 0.5) is 0 Å². The van der Waals surface area contributed by atoms with Gasteiger partial charge in [0, 0.05) is 6.54 Å². The van der Waals surface area contributed by atoms with Gasteiger partial charge in [0.1, 0.15) is 5.75 Å². The molecule has 0 aliphatic carbocycles. The molecule has 0 aliphatic heterocycles. The smallest absolute Gasteiger partial charge is 0.341 e. The van der Waals surface area contributed by atoms with E-state index in [1.165, 1.54) is 0 Å². The number of phenolic OH excluding ortho intramolecular Hbond substituents is 1. The van der Waals surface area contributed by atoms with Crippen LogP contribution in [-0.2, 0) is 36.5 Å². The zero-order valence-electron chi connectivity index (χ0n) is 17.9. The number of hydrogen-bond acceptors (Lipinski definition) is 5. The van der Waals surface area contributed by atoms with Crippen molar-refractivity contribution in [3.05, 3.63) is 28.8 Å². The van der Waals surface area contributed by atoms with E-state index in [0.29, 0.717) is 13.0 Å². The van der Waals surface area contributed by atoms with Gasteiger partial charge in [-0.3, -0.25) is 9.59 Å². The van der Waals surface area contributed by atoms with Crippen LogP contribution in [0.25, 0.3) is 0 Å². The number of aryl methyl sites for hydroxylation is 1. The van der Waals surface area contributed by atoms with E-state index in [-0.39, 0.29) is 23.0 Å². The summed E-state index contributed by atoms with van der Waals surface area (Å²) >= 11 is 0. The Morgan fingerprint density at radius 3 is 1.89 bits per heavy atom. The van der Waals surface area contributed by atoms with Crippen molar-refractivity contribution in [3.63, 3.8) is 0 Å². The number of nitrogens with one attached hydrogen (secondary N) is 2. The fraction of sp³-hybridized carbons (Fsp3) is 0.571. The quantitative estimate of drug-likeness (QED) is 0.540. The van der Waals surface area contributed by atoms with Crippen LogP contribution in [0.2, 0.25) is 0 Å². The maximum absolute atomic E-state index is 11.9. The first-order chi connectivity index (χ1) is 12.8. The minimum Gasteiger partial charge on any atom is -0.507 e. The molecule has 0 bridgehead atoms. The van der Waals surface area contributed by atoms with Crippen molar-refractivity contribution in [2.24, 2.45) is 0 Å². The van der Waals surface area contributed by atoms with E-state index in [0.717, 1.165) is 16.7 Å². The van der Waals surface area contributed by atoms with E-state index in [1.807, 2.05) is 59.2 Å². The predicted octanol–water partition coefficient (Wildman–Crippen LogP) is 2.63. The number of rotatable bonds is 4. The van der Waals surface area contributed by atoms with E-state index in [4.69, 9.17) is 0 Å². The monoisotopic (exact) mass is 392 g/mol. The van der Waals surface area contributed by atoms with Crippen molar-refractivity contribution < 1.29 is 24.3 Å².